The molecule has 0 bridgehead atoms. The predicted octanol–water partition coefficient (Wildman–Crippen LogP) is 2.36. The van der Waals surface area contributed by atoms with Gasteiger partial charge in [0.25, 0.3) is 0 Å². The highest BCUT2D eigenvalue weighted by Gasteiger charge is 2.20. The van der Waals surface area contributed by atoms with E-state index >= 15 is 0 Å². The molecule has 1 amide bonds. The molecule has 1 aromatic carbocycles. The summed E-state index contributed by atoms with van der Waals surface area (Å²) in [7, 11) is 0. The van der Waals surface area contributed by atoms with Crippen molar-refractivity contribution in [3.63, 3.8) is 0 Å². The summed E-state index contributed by atoms with van der Waals surface area (Å²) in [5, 5.41) is 7.29. The zero-order chi connectivity index (χ0) is 16.8. The summed E-state index contributed by atoms with van der Waals surface area (Å²) in [5.41, 5.74) is 2.68. The lowest BCUT2D eigenvalue weighted by Crippen LogP contribution is -2.44. The highest BCUT2D eigenvalue weighted by atomic mass is 16.1. The fraction of sp³-hybridized carbons (Fsp3) is 0.474. The number of piperidine rings is 1. The maximum absolute atomic E-state index is 12.1. The molecule has 0 aliphatic carbocycles. The lowest BCUT2D eigenvalue weighted by molar-refractivity contribution is -0.122. The summed E-state index contributed by atoms with van der Waals surface area (Å²) < 4.78 is 1.80. The molecule has 1 N–H and O–H groups in total. The van der Waals surface area contributed by atoms with Crippen molar-refractivity contribution < 1.29 is 4.79 Å². The summed E-state index contributed by atoms with van der Waals surface area (Å²) in [6, 6.07) is 10.9. The number of nitrogens with zero attached hydrogens (tertiary/aromatic N) is 3. The van der Waals surface area contributed by atoms with Gasteiger partial charge in [-0.15, -0.1) is 0 Å². The first-order valence-corrected chi connectivity index (χ1v) is 8.74. The maximum Gasteiger partial charge on any atom is 0.222 e. The number of hydrogen-bond donors (Lipinski definition) is 1. The number of likely N-dealkylation sites (tertiary alicyclic amines) is 1. The van der Waals surface area contributed by atoms with Crippen molar-refractivity contribution in [2.24, 2.45) is 0 Å². The molecule has 2 aromatic rings. The van der Waals surface area contributed by atoms with Gasteiger partial charge in [-0.3, -0.25) is 14.4 Å². The highest BCUT2D eigenvalue weighted by Crippen LogP contribution is 2.15. The normalized spacial score (nSPS) is 16.2. The highest BCUT2D eigenvalue weighted by molar-refractivity contribution is 5.76. The Hall–Kier alpha value is -2.14. The average molecular weight is 326 g/mol. The number of rotatable bonds is 6. The van der Waals surface area contributed by atoms with Crippen molar-refractivity contribution in [2.75, 3.05) is 13.1 Å². The molecule has 1 aromatic heterocycles. The summed E-state index contributed by atoms with van der Waals surface area (Å²) >= 11 is 0. The molecular formula is C19H26N4O. The smallest absolute Gasteiger partial charge is 0.222 e. The van der Waals surface area contributed by atoms with Gasteiger partial charge in [-0.05, 0) is 31.4 Å². The molecule has 5 heteroatoms. The molecular weight excluding hydrogens is 300 g/mol. The largest absolute Gasteiger partial charge is 0.353 e. The molecule has 3 rings (SSSR count). The SMILES string of the molecule is Cc1cccc(CN2CCC(NC(=O)CCn3cccn3)CC2)c1. The van der Waals surface area contributed by atoms with E-state index in [1.807, 2.05) is 12.3 Å². The molecule has 0 saturated carbocycles. The third-order valence-corrected chi connectivity index (χ3v) is 4.57. The van der Waals surface area contributed by atoms with E-state index in [-0.39, 0.29) is 5.91 Å². The number of aryl methyl sites for hydroxylation is 2. The van der Waals surface area contributed by atoms with Crippen LogP contribution in [-0.4, -0.2) is 39.7 Å². The second-order valence-corrected chi connectivity index (χ2v) is 6.63. The van der Waals surface area contributed by atoms with Gasteiger partial charge in [-0.25, -0.2) is 0 Å². The van der Waals surface area contributed by atoms with E-state index < -0.39 is 0 Å². The monoisotopic (exact) mass is 326 g/mol. The van der Waals surface area contributed by atoms with Gasteiger partial charge in [-0.1, -0.05) is 29.8 Å². The Bertz CT molecular complexity index is 645. The molecule has 1 aliphatic heterocycles. The first-order chi connectivity index (χ1) is 11.7. The van der Waals surface area contributed by atoms with Gasteiger partial charge in [0, 0.05) is 51.0 Å². The number of amides is 1. The third-order valence-electron chi connectivity index (χ3n) is 4.57. The Kier molecular flexibility index (Phi) is 5.64. The van der Waals surface area contributed by atoms with Crippen LogP contribution in [0.1, 0.15) is 30.4 Å². The van der Waals surface area contributed by atoms with Gasteiger partial charge in [0.05, 0.1) is 0 Å². The molecule has 5 nitrogen and oxygen atoms in total. The molecule has 0 atom stereocenters. The lowest BCUT2D eigenvalue weighted by atomic mass is 10.0. The molecule has 0 unspecified atom stereocenters. The van der Waals surface area contributed by atoms with Gasteiger partial charge in [-0.2, -0.15) is 5.10 Å². The number of aromatic nitrogens is 2. The van der Waals surface area contributed by atoms with E-state index in [0.29, 0.717) is 19.0 Å². The van der Waals surface area contributed by atoms with Crippen molar-refractivity contribution in [3.05, 3.63) is 53.9 Å². The van der Waals surface area contributed by atoms with Crippen molar-refractivity contribution in [1.82, 2.24) is 20.0 Å². The molecule has 1 saturated heterocycles. The standard InChI is InChI=1S/C19H26N4O/c1-16-4-2-5-17(14-16)15-22-11-6-18(7-12-22)21-19(24)8-13-23-10-3-9-20-23/h2-5,9-10,14,18H,6-8,11-13,15H2,1H3,(H,21,24). The number of benzene rings is 1. The molecule has 128 valence electrons. The Morgan fingerprint density at radius 2 is 2.12 bits per heavy atom. The van der Waals surface area contributed by atoms with Gasteiger partial charge in [0.2, 0.25) is 5.91 Å². The van der Waals surface area contributed by atoms with Gasteiger partial charge >= 0.3 is 0 Å². The van der Waals surface area contributed by atoms with Gasteiger partial charge in [0.15, 0.2) is 0 Å². The number of nitrogens with one attached hydrogen (secondary N) is 1. The van der Waals surface area contributed by atoms with E-state index in [1.165, 1.54) is 11.1 Å². The summed E-state index contributed by atoms with van der Waals surface area (Å²) in [4.78, 5) is 14.5. The third kappa shape index (κ3) is 4.93. The van der Waals surface area contributed by atoms with Crippen molar-refractivity contribution in [3.8, 4) is 0 Å². The Balaban J connectivity index is 1.38. The van der Waals surface area contributed by atoms with Crippen LogP contribution in [0, 0.1) is 6.92 Å². The summed E-state index contributed by atoms with van der Waals surface area (Å²) in [6.45, 7) is 5.86. The van der Waals surface area contributed by atoms with E-state index in [1.54, 1.807) is 10.9 Å². The molecule has 2 heterocycles. The molecule has 0 spiro atoms. The lowest BCUT2D eigenvalue weighted by Gasteiger charge is -2.32. The minimum atomic E-state index is 0.127. The maximum atomic E-state index is 12.1. The van der Waals surface area contributed by atoms with Crippen LogP contribution in [0.2, 0.25) is 0 Å². The van der Waals surface area contributed by atoms with E-state index in [4.69, 9.17) is 0 Å². The van der Waals surface area contributed by atoms with Crippen LogP contribution in [0.4, 0.5) is 0 Å². The van der Waals surface area contributed by atoms with Crippen LogP contribution >= 0.6 is 0 Å². The quantitative estimate of drug-likeness (QED) is 0.886. The van der Waals surface area contributed by atoms with Crippen LogP contribution in [0.3, 0.4) is 0 Å². The minimum absolute atomic E-state index is 0.127. The fourth-order valence-corrected chi connectivity index (χ4v) is 3.25. The van der Waals surface area contributed by atoms with Crippen LogP contribution in [-0.2, 0) is 17.9 Å². The molecule has 24 heavy (non-hydrogen) atoms. The number of carbonyl (C=O) groups is 1. The second-order valence-electron chi connectivity index (χ2n) is 6.63. The minimum Gasteiger partial charge on any atom is -0.353 e. The van der Waals surface area contributed by atoms with Crippen LogP contribution in [0.15, 0.2) is 42.7 Å². The van der Waals surface area contributed by atoms with E-state index in [2.05, 4.69) is 46.5 Å². The van der Waals surface area contributed by atoms with Crippen LogP contribution in [0.5, 0.6) is 0 Å². The molecule has 1 fully saturated rings. The van der Waals surface area contributed by atoms with Crippen LogP contribution in [0.25, 0.3) is 0 Å². The van der Waals surface area contributed by atoms with E-state index in [9.17, 15) is 4.79 Å². The topological polar surface area (TPSA) is 50.2 Å². The predicted molar refractivity (Wildman–Crippen MR) is 94.5 cm³/mol. The van der Waals surface area contributed by atoms with Crippen molar-refractivity contribution >= 4 is 5.91 Å². The molecule has 0 radical (unpaired) electrons. The number of hydrogen-bond acceptors (Lipinski definition) is 3. The molecule has 1 aliphatic rings. The fourth-order valence-electron chi connectivity index (χ4n) is 3.25. The van der Waals surface area contributed by atoms with Gasteiger partial charge < -0.3 is 5.32 Å². The van der Waals surface area contributed by atoms with E-state index in [0.717, 1.165) is 32.5 Å². The Morgan fingerprint density at radius 1 is 1.29 bits per heavy atom. The van der Waals surface area contributed by atoms with Gasteiger partial charge in [0.1, 0.15) is 0 Å². The second kappa shape index (κ2) is 8.11. The zero-order valence-corrected chi connectivity index (χ0v) is 14.3. The number of carbonyl (C=O) groups excluding carboxylic acids is 1. The summed E-state index contributed by atoms with van der Waals surface area (Å²) in [5.74, 6) is 0.127. The first kappa shape index (κ1) is 16.7. The Labute approximate surface area is 143 Å². The Morgan fingerprint density at radius 3 is 2.83 bits per heavy atom. The van der Waals surface area contributed by atoms with Crippen molar-refractivity contribution in [2.45, 2.75) is 45.3 Å². The summed E-state index contributed by atoms with van der Waals surface area (Å²) in [6.07, 6.45) is 6.17. The first-order valence-electron chi connectivity index (χ1n) is 8.74. The van der Waals surface area contributed by atoms with Crippen LogP contribution < -0.4 is 5.32 Å². The average Bonchev–Trinajstić information content (AvgIpc) is 3.08. The zero-order valence-electron chi connectivity index (χ0n) is 14.3. The van der Waals surface area contributed by atoms with Crippen molar-refractivity contribution in [1.29, 1.82) is 0 Å².